The van der Waals surface area contributed by atoms with Crippen molar-refractivity contribution in [1.82, 2.24) is 0 Å². The summed E-state index contributed by atoms with van der Waals surface area (Å²) in [7, 11) is 0. The van der Waals surface area contributed by atoms with Crippen LogP contribution in [0.2, 0.25) is 0 Å². The zero-order valence-corrected chi connectivity index (χ0v) is 12.7. The second kappa shape index (κ2) is 6.71. The lowest BCUT2D eigenvalue weighted by atomic mass is 9.94. The van der Waals surface area contributed by atoms with E-state index in [-0.39, 0.29) is 5.91 Å². The van der Waals surface area contributed by atoms with Gasteiger partial charge >= 0.3 is 0 Å². The molecule has 0 bridgehead atoms. The lowest BCUT2D eigenvalue weighted by Gasteiger charge is -2.18. The Balaban J connectivity index is 3.04. The highest BCUT2D eigenvalue weighted by Gasteiger charge is 2.15. The van der Waals surface area contributed by atoms with Gasteiger partial charge in [0.25, 0.3) is 0 Å². The van der Waals surface area contributed by atoms with E-state index in [9.17, 15) is 4.79 Å². The Labute approximate surface area is 116 Å². The van der Waals surface area contributed by atoms with E-state index >= 15 is 0 Å². The van der Waals surface area contributed by atoms with Crippen molar-refractivity contribution in [3.05, 3.63) is 29.3 Å². The maximum absolute atomic E-state index is 11.9. The summed E-state index contributed by atoms with van der Waals surface area (Å²) in [5.74, 6) is 0.744. The summed E-state index contributed by atoms with van der Waals surface area (Å²) in [5.41, 5.74) is 9.10. The molecule has 0 aliphatic carbocycles. The van der Waals surface area contributed by atoms with Crippen molar-refractivity contribution in [3.8, 4) is 0 Å². The molecule has 0 aliphatic rings. The standard InChI is InChI=1S/C16H26N2O/c1-6-14(17)16(19)18-15-8-7-12(10(2)3)9-13(15)11(4)5/h7-11,14H,6,17H2,1-5H3,(H,18,19)/t14-/m1/s1. The quantitative estimate of drug-likeness (QED) is 0.851. The molecular formula is C16H26N2O. The van der Waals surface area contributed by atoms with Gasteiger partial charge in [-0.2, -0.15) is 0 Å². The number of rotatable bonds is 5. The molecule has 1 aromatic rings. The molecule has 1 amide bonds. The van der Waals surface area contributed by atoms with Gasteiger partial charge < -0.3 is 11.1 Å². The minimum atomic E-state index is -0.440. The minimum absolute atomic E-state index is 0.110. The summed E-state index contributed by atoms with van der Waals surface area (Å²) in [6, 6.07) is 5.81. The third-order valence-corrected chi connectivity index (χ3v) is 3.40. The van der Waals surface area contributed by atoms with E-state index in [0.29, 0.717) is 18.3 Å². The second-order valence-electron chi connectivity index (χ2n) is 5.66. The van der Waals surface area contributed by atoms with E-state index in [4.69, 9.17) is 5.73 Å². The predicted octanol–water partition coefficient (Wildman–Crippen LogP) is 3.61. The molecule has 0 saturated carbocycles. The van der Waals surface area contributed by atoms with Crippen LogP contribution in [0.4, 0.5) is 5.69 Å². The van der Waals surface area contributed by atoms with Crippen molar-refractivity contribution in [1.29, 1.82) is 0 Å². The number of amides is 1. The molecule has 0 unspecified atom stereocenters. The molecule has 1 aromatic carbocycles. The van der Waals surface area contributed by atoms with Crippen LogP contribution in [0.1, 0.15) is 64.0 Å². The van der Waals surface area contributed by atoms with Crippen molar-refractivity contribution >= 4 is 11.6 Å². The Hall–Kier alpha value is -1.35. The number of carbonyl (C=O) groups excluding carboxylic acids is 1. The first-order valence-corrected chi connectivity index (χ1v) is 7.07. The van der Waals surface area contributed by atoms with Crippen LogP contribution < -0.4 is 11.1 Å². The topological polar surface area (TPSA) is 55.1 Å². The highest BCUT2D eigenvalue weighted by molar-refractivity contribution is 5.95. The Morgan fingerprint density at radius 2 is 1.84 bits per heavy atom. The molecule has 0 radical (unpaired) electrons. The predicted molar refractivity (Wildman–Crippen MR) is 81.5 cm³/mol. The highest BCUT2D eigenvalue weighted by atomic mass is 16.2. The smallest absolute Gasteiger partial charge is 0.241 e. The molecule has 3 N–H and O–H groups in total. The number of anilines is 1. The summed E-state index contributed by atoms with van der Waals surface area (Å²) in [6.45, 7) is 10.5. The van der Waals surface area contributed by atoms with E-state index in [1.807, 2.05) is 13.0 Å². The van der Waals surface area contributed by atoms with E-state index < -0.39 is 6.04 Å². The van der Waals surface area contributed by atoms with Crippen LogP contribution in [0.5, 0.6) is 0 Å². The van der Waals surface area contributed by atoms with Crippen molar-refractivity contribution < 1.29 is 4.79 Å². The normalized spacial score (nSPS) is 12.8. The third kappa shape index (κ3) is 4.06. The number of carbonyl (C=O) groups is 1. The molecule has 0 fully saturated rings. The average Bonchev–Trinajstić information content (AvgIpc) is 2.37. The molecule has 0 heterocycles. The number of hydrogen-bond acceptors (Lipinski definition) is 2. The molecule has 19 heavy (non-hydrogen) atoms. The summed E-state index contributed by atoms with van der Waals surface area (Å²) in [4.78, 5) is 11.9. The van der Waals surface area contributed by atoms with Gasteiger partial charge in [-0.25, -0.2) is 0 Å². The minimum Gasteiger partial charge on any atom is -0.324 e. The summed E-state index contributed by atoms with van der Waals surface area (Å²) < 4.78 is 0. The fourth-order valence-electron chi connectivity index (χ4n) is 1.94. The van der Waals surface area contributed by atoms with Gasteiger partial charge in [-0.15, -0.1) is 0 Å². The molecule has 0 spiro atoms. The van der Waals surface area contributed by atoms with Crippen molar-refractivity contribution in [2.75, 3.05) is 5.32 Å². The van der Waals surface area contributed by atoms with E-state index in [1.54, 1.807) is 0 Å². The highest BCUT2D eigenvalue weighted by Crippen LogP contribution is 2.28. The SMILES string of the molecule is CC[C@@H](N)C(=O)Nc1ccc(C(C)C)cc1C(C)C. The van der Waals surface area contributed by atoms with Crippen molar-refractivity contribution in [2.45, 2.75) is 58.9 Å². The molecule has 0 aromatic heterocycles. The number of nitrogens with one attached hydrogen (secondary N) is 1. The molecule has 106 valence electrons. The molecule has 1 rings (SSSR count). The van der Waals surface area contributed by atoms with Crippen LogP contribution in [0, 0.1) is 0 Å². The van der Waals surface area contributed by atoms with Crippen LogP contribution in [0.25, 0.3) is 0 Å². The summed E-state index contributed by atoms with van der Waals surface area (Å²) >= 11 is 0. The first kappa shape index (κ1) is 15.7. The Bertz CT molecular complexity index is 438. The van der Waals surface area contributed by atoms with Gasteiger partial charge in [0.2, 0.25) is 5.91 Å². The van der Waals surface area contributed by atoms with Crippen LogP contribution in [-0.4, -0.2) is 11.9 Å². The van der Waals surface area contributed by atoms with Crippen molar-refractivity contribution in [2.24, 2.45) is 5.73 Å². The van der Waals surface area contributed by atoms with Gasteiger partial charge in [0.15, 0.2) is 0 Å². The van der Waals surface area contributed by atoms with Crippen LogP contribution in [0.3, 0.4) is 0 Å². The largest absolute Gasteiger partial charge is 0.324 e. The van der Waals surface area contributed by atoms with Crippen molar-refractivity contribution in [3.63, 3.8) is 0 Å². The molecule has 3 nitrogen and oxygen atoms in total. The average molecular weight is 262 g/mol. The van der Waals surface area contributed by atoms with Crippen LogP contribution >= 0.6 is 0 Å². The maximum Gasteiger partial charge on any atom is 0.241 e. The maximum atomic E-state index is 11.9. The Morgan fingerprint density at radius 3 is 2.32 bits per heavy atom. The van der Waals surface area contributed by atoms with Gasteiger partial charge in [-0.05, 0) is 35.4 Å². The fraction of sp³-hybridized carbons (Fsp3) is 0.562. The number of nitrogens with two attached hydrogens (primary N) is 1. The Kier molecular flexibility index (Phi) is 5.55. The Morgan fingerprint density at radius 1 is 1.21 bits per heavy atom. The van der Waals surface area contributed by atoms with Gasteiger partial charge in [-0.3, -0.25) is 4.79 Å². The van der Waals surface area contributed by atoms with Crippen LogP contribution in [-0.2, 0) is 4.79 Å². The first-order chi connectivity index (χ1) is 8.86. The van der Waals surface area contributed by atoms with Crippen LogP contribution in [0.15, 0.2) is 18.2 Å². The molecule has 0 saturated heterocycles. The van der Waals surface area contributed by atoms with Gasteiger partial charge in [0, 0.05) is 5.69 Å². The van der Waals surface area contributed by atoms with Gasteiger partial charge in [-0.1, -0.05) is 46.8 Å². The molecular weight excluding hydrogens is 236 g/mol. The first-order valence-electron chi connectivity index (χ1n) is 7.07. The van der Waals surface area contributed by atoms with Gasteiger partial charge in [0.1, 0.15) is 0 Å². The van der Waals surface area contributed by atoms with E-state index in [1.165, 1.54) is 11.1 Å². The third-order valence-electron chi connectivity index (χ3n) is 3.40. The summed E-state index contributed by atoms with van der Waals surface area (Å²) in [6.07, 6.45) is 0.646. The van der Waals surface area contributed by atoms with Gasteiger partial charge in [0.05, 0.1) is 6.04 Å². The number of benzene rings is 1. The number of hydrogen-bond donors (Lipinski definition) is 2. The second-order valence-corrected chi connectivity index (χ2v) is 5.66. The zero-order valence-electron chi connectivity index (χ0n) is 12.7. The lowest BCUT2D eigenvalue weighted by molar-refractivity contribution is -0.117. The van der Waals surface area contributed by atoms with E-state index in [0.717, 1.165) is 5.69 Å². The molecule has 0 aliphatic heterocycles. The lowest BCUT2D eigenvalue weighted by Crippen LogP contribution is -2.35. The molecule has 1 atom stereocenters. The zero-order chi connectivity index (χ0) is 14.6. The summed E-state index contributed by atoms with van der Waals surface area (Å²) in [5, 5.41) is 2.94. The van der Waals surface area contributed by atoms with E-state index in [2.05, 4.69) is 45.1 Å². The molecule has 3 heteroatoms. The monoisotopic (exact) mass is 262 g/mol. The fourth-order valence-corrected chi connectivity index (χ4v) is 1.94.